The zero-order valence-electron chi connectivity index (χ0n) is 9.89. The second kappa shape index (κ2) is 5.59. The van der Waals surface area contributed by atoms with Gasteiger partial charge in [-0.05, 0) is 31.0 Å². The Labute approximate surface area is 115 Å². The highest BCUT2D eigenvalue weighted by molar-refractivity contribution is 9.10. The van der Waals surface area contributed by atoms with Gasteiger partial charge in [0.25, 0.3) is 0 Å². The Kier molecular flexibility index (Phi) is 4.29. The minimum Gasteiger partial charge on any atom is -0.508 e. The zero-order chi connectivity index (χ0) is 13.2. The predicted molar refractivity (Wildman–Crippen MR) is 74.3 cm³/mol. The van der Waals surface area contributed by atoms with Crippen molar-refractivity contribution in [1.82, 2.24) is 5.32 Å². The van der Waals surface area contributed by atoms with Gasteiger partial charge in [-0.25, -0.2) is 8.42 Å². The van der Waals surface area contributed by atoms with Crippen molar-refractivity contribution in [2.24, 2.45) is 0 Å². The molecule has 1 aliphatic rings. The van der Waals surface area contributed by atoms with E-state index in [2.05, 4.69) is 21.2 Å². The number of nitrogens with one attached hydrogen (secondary N) is 1. The quantitative estimate of drug-likeness (QED) is 0.885. The average molecular weight is 334 g/mol. The van der Waals surface area contributed by atoms with Gasteiger partial charge in [-0.1, -0.05) is 15.9 Å². The molecule has 100 valence electrons. The standard InChI is InChI=1S/C12H16BrNO3S/c13-10-1-2-12(15)9(7-10)8-14-11-3-5-18(16,17)6-4-11/h1-2,7,11,14-15H,3-6,8H2. The van der Waals surface area contributed by atoms with E-state index in [0.29, 0.717) is 19.4 Å². The van der Waals surface area contributed by atoms with Crippen molar-refractivity contribution < 1.29 is 13.5 Å². The van der Waals surface area contributed by atoms with E-state index in [0.717, 1.165) is 10.0 Å². The van der Waals surface area contributed by atoms with Crippen LogP contribution in [0.4, 0.5) is 0 Å². The number of halogens is 1. The molecule has 0 bridgehead atoms. The third kappa shape index (κ3) is 3.70. The fourth-order valence-electron chi connectivity index (χ4n) is 2.04. The number of aromatic hydroxyl groups is 1. The summed E-state index contributed by atoms with van der Waals surface area (Å²) in [6.07, 6.45) is 1.30. The Balaban J connectivity index is 1.90. The highest BCUT2D eigenvalue weighted by Gasteiger charge is 2.23. The van der Waals surface area contributed by atoms with Crippen LogP contribution >= 0.6 is 15.9 Å². The maximum atomic E-state index is 11.3. The van der Waals surface area contributed by atoms with Crippen LogP contribution in [0.5, 0.6) is 5.75 Å². The fourth-order valence-corrected chi connectivity index (χ4v) is 3.94. The van der Waals surface area contributed by atoms with Gasteiger partial charge in [-0.3, -0.25) is 0 Å². The molecule has 0 aromatic heterocycles. The Hall–Kier alpha value is -0.590. The number of hydrogen-bond acceptors (Lipinski definition) is 4. The second-order valence-electron chi connectivity index (χ2n) is 4.58. The molecule has 1 fully saturated rings. The Bertz CT molecular complexity index is 516. The van der Waals surface area contributed by atoms with E-state index < -0.39 is 9.84 Å². The largest absolute Gasteiger partial charge is 0.508 e. The normalized spacial score (nSPS) is 19.8. The maximum Gasteiger partial charge on any atom is 0.150 e. The molecular weight excluding hydrogens is 318 g/mol. The first-order chi connectivity index (χ1) is 8.46. The van der Waals surface area contributed by atoms with Crippen molar-refractivity contribution in [3.63, 3.8) is 0 Å². The van der Waals surface area contributed by atoms with Gasteiger partial charge < -0.3 is 10.4 Å². The molecule has 2 N–H and O–H groups in total. The summed E-state index contributed by atoms with van der Waals surface area (Å²) in [6, 6.07) is 5.51. The number of sulfone groups is 1. The van der Waals surface area contributed by atoms with E-state index in [-0.39, 0.29) is 23.3 Å². The van der Waals surface area contributed by atoms with Crippen molar-refractivity contribution >= 4 is 25.8 Å². The summed E-state index contributed by atoms with van der Waals surface area (Å²) in [4.78, 5) is 0. The summed E-state index contributed by atoms with van der Waals surface area (Å²) in [5.41, 5.74) is 0.817. The monoisotopic (exact) mass is 333 g/mol. The lowest BCUT2D eigenvalue weighted by Crippen LogP contribution is -2.37. The van der Waals surface area contributed by atoms with E-state index in [1.165, 1.54) is 0 Å². The number of benzene rings is 1. The minimum atomic E-state index is -2.81. The summed E-state index contributed by atoms with van der Waals surface area (Å²) in [5.74, 6) is 0.777. The van der Waals surface area contributed by atoms with E-state index in [1.807, 2.05) is 6.07 Å². The molecule has 1 aliphatic heterocycles. The molecule has 1 heterocycles. The van der Waals surface area contributed by atoms with Gasteiger partial charge in [0.1, 0.15) is 15.6 Å². The molecule has 4 nitrogen and oxygen atoms in total. The summed E-state index contributed by atoms with van der Waals surface area (Å²) in [6.45, 7) is 0.552. The van der Waals surface area contributed by atoms with Gasteiger partial charge in [0.15, 0.2) is 0 Å². The number of hydrogen-bond donors (Lipinski definition) is 2. The second-order valence-corrected chi connectivity index (χ2v) is 7.80. The van der Waals surface area contributed by atoms with Crippen molar-refractivity contribution in [1.29, 1.82) is 0 Å². The lowest BCUT2D eigenvalue weighted by atomic mass is 10.1. The molecule has 1 aromatic rings. The van der Waals surface area contributed by atoms with Gasteiger partial charge in [-0.15, -0.1) is 0 Å². The molecule has 0 unspecified atom stereocenters. The third-order valence-electron chi connectivity index (χ3n) is 3.18. The highest BCUT2D eigenvalue weighted by Crippen LogP contribution is 2.22. The summed E-state index contributed by atoms with van der Waals surface area (Å²) in [5, 5.41) is 13.0. The van der Waals surface area contributed by atoms with Crippen molar-refractivity contribution in [3.05, 3.63) is 28.2 Å². The van der Waals surface area contributed by atoms with Crippen LogP contribution in [0, 0.1) is 0 Å². The SMILES string of the molecule is O=S1(=O)CCC(NCc2cc(Br)ccc2O)CC1. The summed E-state index contributed by atoms with van der Waals surface area (Å²) >= 11 is 3.36. The topological polar surface area (TPSA) is 66.4 Å². The molecular formula is C12H16BrNO3S. The lowest BCUT2D eigenvalue weighted by Gasteiger charge is -2.23. The van der Waals surface area contributed by atoms with E-state index in [9.17, 15) is 13.5 Å². The van der Waals surface area contributed by atoms with E-state index >= 15 is 0 Å². The number of phenols is 1. The smallest absolute Gasteiger partial charge is 0.150 e. The first-order valence-corrected chi connectivity index (χ1v) is 8.49. The average Bonchev–Trinajstić information content (AvgIpc) is 2.32. The molecule has 1 aromatic carbocycles. The number of phenolic OH excluding ortho intramolecular Hbond substituents is 1. The summed E-state index contributed by atoms with van der Waals surface area (Å²) < 4.78 is 23.5. The molecule has 1 saturated heterocycles. The van der Waals surface area contributed by atoms with Crippen LogP contribution in [-0.4, -0.2) is 31.1 Å². The molecule has 0 aliphatic carbocycles. The Morgan fingerprint density at radius 3 is 2.67 bits per heavy atom. The predicted octanol–water partition coefficient (Wildman–Crippen LogP) is 1.82. The van der Waals surface area contributed by atoms with Gasteiger partial charge in [-0.2, -0.15) is 0 Å². The molecule has 2 rings (SSSR count). The summed E-state index contributed by atoms with van der Waals surface area (Å²) in [7, 11) is -2.81. The van der Waals surface area contributed by atoms with Crippen molar-refractivity contribution in [2.45, 2.75) is 25.4 Å². The Morgan fingerprint density at radius 1 is 1.33 bits per heavy atom. The zero-order valence-corrected chi connectivity index (χ0v) is 12.3. The molecule has 18 heavy (non-hydrogen) atoms. The molecule has 0 amide bonds. The van der Waals surface area contributed by atoms with Crippen LogP contribution in [-0.2, 0) is 16.4 Å². The lowest BCUT2D eigenvalue weighted by molar-refractivity contribution is 0.440. The van der Waals surface area contributed by atoms with Crippen LogP contribution in [0.3, 0.4) is 0 Å². The van der Waals surface area contributed by atoms with Gasteiger partial charge in [0, 0.05) is 22.6 Å². The van der Waals surface area contributed by atoms with E-state index in [1.54, 1.807) is 12.1 Å². The van der Waals surface area contributed by atoms with E-state index in [4.69, 9.17) is 0 Å². The molecule has 6 heteroatoms. The van der Waals surface area contributed by atoms with Gasteiger partial charge in [0.05, 0.1) is 11.5 Å². The molecule has 0 saturated carbocycles. The Morgan fingerprint density at radius 2 is 2.00 bits per heavy atom. The van der Waals surface area contributed by atoms with Crippen LogP contribution < -0.4 is 5.32 Å². The maximum absolute atomic E-state index is 11.3. The first-order valence-electron chi connectivity index (χ1n) is 5.87. The first kappa shape index (κ1) is 13.8. The highest BCUT2D eigenvalue weighted by atomic mass is 79.9. The molecule has 0 spiro atoms. The fraction of sp³-hybridized carbons (Fsp3) is 0.500. The number of rotatable bonds is 3. The van der Waals surface area contributed by atoms with Crippen molar-refractivity contribution in [2.75, 3.05) is 11.5 Å². The van der Waals surface area contributed by atoms with Crippen LogP contribution in [0.15, 0.2) is 22.7 Å². The van der Waals surface area contributed by atoms with Crippen molar-refractivity contribution in [3.8, 4) is 5.75 Å². The minimum absolute atomic E-state index is 0.215. The van der Waals surface area contributed by atoms with Crippen LogP contribution in [0.25, 0.3) is 0 Å². The molecule has 0 radical (unpaired) electrons. The van der Waals surface area contributed by atoms with Crippen LogP contribution in [0.2, 0.25) is 0 Å². The van der Waals surface area contributed by atoms with Crippen LogP contribution in [0.1, 0.15) is 18.4 Å². The van der Waals surface area contributed by atoms with Gasteiger partial charge >= 0.3 is 0 Å². The third-order valence-corrected chi connectivity index (χ3v) is 5.39. The molecule has 0 atom stereocenters. The van der Waals surface area contributed by atoms with Gasteiger partial charge in [0.2, 0.25) is 0 Å².